The summed E-state index contributed by atoms with van der Waals surface area (Å²) < 4.78 is 2.92. The molecule has 3 aromatic rings. The fraction of sp³-hybridized carbons (Fsp3) is 0.286. The van der Waals surface area contributed by atoms with E-state index in [4.69, 9.17) is 4.98 Å². The minimum Gasteiger partial charge on any atom is -0.222 e. The van der Waals surface area contributed by atoms with E-state index < -0.39 is 0 Å². The zero-order valence-electron chi connectivity index (χ0n) is 10.2. The van der Waals surface area contributed by atoms with Gasteiger partial charge in [-0.3, -0.25) is 0 Å². The molecule has 5 heteroatoms. The third-order valence-corrected chi connectivity index (χ3v) is 5.14. The molecule has 96 valence electrons. The summed E-state index contributed by atoms with van der Waals surface area (Å²) in [5.74, 6) is 0.592. The largest absolute Gasteiger partial charge is 0.222 e. The van der Waals surface area contributed by atoms with Crippen molar-refractivity contribution in [3.63, 3.8) is 0 Å². The van der Waals surface area contributed by atoms with Gasteiger partial charge in [-0.1, -0.05) is 41.7 Å². The highest BCUT2D eigenvalue weighted by Gasteiger charge is 2.25. The molecule has 2 heterocycles. The van der Waals surface area contributed by atoms with Crippen LogP contribution < -0.4 is 0 Å². The summed E-state index contributed by atoms with van der Waals surface area (Å²) >= 11 is 5.04. The summed E-state index contributed by atoms with van der Waals surface area (Å²) in [5, 5.41) is 4.50. The lowest BCUT2D eigenvalue weighted by molar-refractivity contribution is 0.561. The van der Waals surface area contributed by atoms with Crippen LogP contribution in [0.5, 0.6) is 0 Å². The predicted octanol–water partition coefficient (Wildman–Crippen LogP) is 3.83. The van der Waals surface area contributed by atoms with Gasteiger partial charge < -0.3 is 0 Å². The van der Waals surface area contributed by atoms with Crippen molar-refractivity contribution in [1.82, 2.24) is 14.6 Å². The first-order chi connectivity index (χ1) is 9.31. The molecule has 0 N–H and O–H groups in total. The van der Waals surface area contributed by atoms with Crippen LogP contribution >= 0.6 is 27.3 Å². The molecular formula is C14H12BrN3S. The van der Waals surface area contributed by atoms with Crippen LogP contribution in [0.25, 0.3) is 4.96 Å². The average Bonchev–Trinajstić information content (AvgIpc) is 2.95. The van der Waals surface area contributed by atoms with Crippen molar-refractivity contribution in [2.75, 3.05) is 0 Å². The van der Waals surface area contributed by atoms with Gasteiger partial charge in [-0.05, 0) is 46.7 Å². The summed E-state index contributed by atoms with van der Waals surface area (Å²) in [6, 6.07) is 10.8. The van der Waals surface area contributed by atoms with Gasteiger partial charge >= 0.3 is 0 Å². The highest BCUT2D eigenvalue weighted by molar-refractivity contribution is 9.11. The summed E-state index contributed by atoms with van der Waals surface area (Å²) in [6.07, 6.45) is 3.28. The second kappa shape index (κ2) is 4.42. The number of fused-ring (bicyclic) bond motifs is 3. The van der Waals surface area contributed by atoms with Gasteiger partial charge in [0.25, 0.3) is 0 Å². The number of imidazole rings is 1. The number of hydrogen-bond acceptors (Lipinski definition) is 3. The quantitative estimate of drug-likeness (QED) is 0.677. The van der Waals surface area contributed by atoms with Gasteiger partial charge in [0.2, 0.25) is 4.96 Å². The van der Waals surface area contributed by atoms with Crippen LogP contribution in [0.2, 0.25) is 0 Å². The first-order valence-corrected chi connectivity index (χ1v) is 8.00. The van der Waals surface area contributed by atoms with Crippen molar-refractivity contribution in [1.29, 1.82) is 0 Å². The number of hydrogen-bond donors (Lipinski definition) is 0. The molecule has 0 saturated carbocycles. The standard InChI is InChI=1S/C14H12BrN3S/c15-13-17-18-12-8-10(9-4-2-1-3-5-9)6-7-11(12)16-14(18)19-13/h1-5,10H,6-8H2. The Morgan fingerprint density at radius 2 is 2.11 bits per heavy atom. The zero-order chi connectivity index (χ0) is 12.8. The molecule has 1 aromatic carbocycles. The smallest absolute Gasteiger partial charge is 0.213 e. The SMILES string of the molecule is Brc1nn2c3c(nc2s1)CCC(c1ccccc1)C3. The molecule has 2 aromatic heterocycles. The van der Waals surface area contributed by atoms with E-state index in [1.165, 1.54) is 23.4 Å². The lowest BCUT2D eigenvalue weighted by Gasteiger charge is -2.21. The Balaban J connectivity index is 1.76. The van der Waals surface area contributed by atoms with Crippen LogP contribution in [0.4, 0.5) is 0 Å². The van der Waals surface area contributed by atoms with Crippen molar-refractivity contribution in [3.8, 4) is 0 Å². The minimum atomic E-state index is 0.592. The molecule has 3 nitrogen and oxygen atoms in total. The topological polar surface area (TPSA) is 30.2 Å². The summed E-state index contributed by atoms with van der Waals surface area (Å²) in [7, 11) is 0. The van der Waals surface area contributed by atoms with Gasteiger partial charge in [0.1, 0.15) is 0 Å². The van der Waals surface area contributed by atoms with Crippen LogP contribution in [0.3, 0.4) is 0 Å². The van der Waals surface area contributed by atoms with Crippen molar-refractivity contribution >= 4 is 32.2 Å². The Kier molecular flexibility index (Phi) is 2.70. The predicted molar refractivity (Wildman–Crippen MR) is 79.8 cm³/mol. The lowest BCUT2D eigenvalue weighted by atomic mass is 9.84. The molecule has 19 heavy (non-hydrogen) atoms. The maximum absolute atomic E-state index is 4.69. The number of aromatic nitrogens is 3. The second-order valence-corrected chi connectivity index (χ2v) is 7.14. The maximum atomic E-state index is 4.69. The summed E-state index contributed by atoms with van der Waals surface area (Å²) in [6.45, 7) is 0. The van der Waals surface area contributed by atoms with Crippen LogP contribution in [-0.2, 0) is 12.8 Å². The molecule has 0 amide bonds. The van der Waals surface area contributed by atoms with Crippen molar-refractivity contribution in [3.05, 3.63) is 51.2 Å². The molecule has 0 saturated heterocycles. The molecule has 1 aliphatic carbocycles. The van der Waals surface area contributed by atoms with Gasteiger partial charge in [0.15, 0.2) is 3.92 Å². The Hall–Kier alpha value is -1.20. The van der Waals surface area contributed by atoms with E-state index in [2.05, 4.69) is 51.4 Å². The normalized spacial score (nSPS) is 18.7. The Bertz CT molecular complexity index is 732. The minimum absolute atomic E-state index is 0.592. The van der Waals surface area contributed by atoms with E-state index in [0.29, 0.717) is 5.92 Å². The highest BCUT2D eigenvalue weighted by atomic mass is 79.9. The molecule has 0 spiro atoms. The van der Waals surface area contributed by atoms with E-state index in [1.807, 2.05) is 4.52 Å². The zero-order valence-corrected chi connectivity index (χ0v) is 12.6. The van der Waals surface area contributed by atoms with Crippen LogP contribution in [0.15, 0.2) is 34.2 Å². The van der Waals surface area contributed by atoms with Crippen LogP contribution in [-0.4, -0.2) is 14.6 Å². The van der Waals surface area contributed by atoms with Crippen LogP contribution in [0, 0.1) is 0 Å². The van der Waals surface area contributed by atoms with Crippen molar-refractivity contribution in [2.24, 2.45) is 0 Å². The van der Waals surface area contributed by atoms with E-state index in [-0.39, 0.29) is 0 Å². The molecule has 0 fully saturated rings. The third-order valence-electron chi connectivity index (χ3n) is 3.80. The maximum Gasteiger partial charge on any atom is 0.213 e. The van der Waals surface area contributed by atoms with Crippen LogP contribution in [0.1, 0.15) is 29.3 Å². The van der Waals surface area contributed by atoms with Crippen molar-refractivity contribution in [2.45, 2.75) is 25.2 Å². The first-order valence-electron chi connectivity index (χ1n) is 6.39. The van der Waals surface area contributed by atoms with Gasteiger partial charge in [0.05, 0.1) is 11.4 Å². The highest BCUT2D eigenvalue weighted by Crippen LogP contribution is 2.34. The second-order valence-electron chi connectivity index (χ2n) is 4.90. The summed E-state index contributed by atoms with van der Waals surface area (Å²) in [4.78, 5) is 5.70. The summed E-state index contributed by atoms with van der Waals surface area (Å²) in [5.41, 5.74) is 3.95. The van der Waals surface area contributed by atoms with Gasteiger partial charge in [0, 0.05) is 0 Å². The monoisotopic (exact) mass is 333 g/mol. The average molecular weight is 334 g/mol. The number of benzene rings is 1. The lowest BCUT2D eigenvalue weighted by Crippen LogP contribution is -2.14. The first kappa shape index (κ1) is 11.6. The Morgan fingerprint density at radius 1 is 1.26 bits per heavy atom. The molecule has 1 unspecified atom stereocenters. The van der Waals surface area contributed by atoms with E-state index in [0.717, 1.165) is 21.7 Å². The van der Waals surface area contributed by atoms with E-state index >= 15 is 0 Å². The number of aryl methyl sites for hydroxylation is 1. The van der Waals surface area contributed by atoms with Gasteiger partial charge in [-0.15, -0.1) is 5.10 Å². The Morgan fingerprint density at radius 3 is 2.95 bits per heavy atom. The fourth-order valence-electron chi connectivity index (χ4n) is 2.87. The number of nitrogens with zero attached hydrogens (tertiary/aromatic N) is 3. The molecular weight excluding hydrogens is 322 g/mol. The van der Waals surface area contributed by atoms with Gasteiger partial charge in [-0.25, -0.2) is 9.50 Å². The van der Waals surface area contributed by atoms with E-state index in [1.54, 1.807) is 11.3 Å². The molecule has 0 radical (unpaired) electrons. The number of rotatable bonds is 1. The molecule has 4 rings (SSSR count). The molecule has 1 aliphatic rings. The molecule has 1 atom stereocenters. The Labute approximate surface area is 123 Å². The fourth-order valence-corrected chi connectivity index (χ4v) is 4.13. The van der Waals surface area contributed by atoms with Crippen molar-refractivity contribution < 1.29 is 0 Å². The molecule has 0 bridgehead atoms. The molecule has 0 aliphatic heterocycles. The van der Waals surface area contributed by atoms with E-state index in [9.17, 15) is 0 Å². The van der Waals surface area contributed by atoms with Gasteiger partial charge in [-0.2, -0.15) is 0 Å². The number of halogens is 1. The third kappa shape index (κ3) is 1.92.